The van der Waals surface area contributed by atoms with Gasteiger partial charge < -0.3 is 15.2 Å². The Balaban J connectivity index is 1.66. The average Bonchev–Trinajstić information content (AvgIpc) is 3.20. The minimum absolute atomic E-state index is 0.0214. The van der Waals surface area contributed by atoms with Crippen LogP contribution in [-0.4, -0.2) is 30.8 Å². The Morgan fingerprint density at radius 3 is 3.00 bits per heavy atom. The number of hydrogen-bond acceptors (Lipinski definition) is 3. The van der Waals surface area contributed by atoms with E-state index >= 15 is 0 Å². The average molecular weight is 263 g/mol. The molecule has 0 heterocycles. The second-order valence-electron chi connectivity index (χ2n) is 5.15. The Morgan fingerprint density at radius 2 is 2.26 bits per heavy atom. The topological polar surface area (TPSA) is 58.6 Å². The molecule has 1 aliphatic rings. The summed E-state index contributed by atoms with van der Waals surface area (Å²) in [4.78, 5) is 11.9. The van der Waals surface area contributed by atoms with Gasteiger partial charge in [0.1, 0.15) is 5.75 Å². The predicted molar refractivity (Wildman–Crippen MR) is 73.3 cm³/mol. The molecule has 1 aromatic carbocycles. The third kappa shape index (κ3) is 4.56. The zero-order valence-electron chi connectivity index (χ0n) is 11.3. The van der Waals surface area contributed by atoms with Gasteiger partial charge in [0, 0.05) is 19.8 Å². The summed E-state index contributed by atoms with van der Waals surface area (Å²) >= 11 is 0. The van der Waals surface area contributed by atoms with E-state index in [4.69, 9.17) is 4.74 Å². The number of carbonyl (C=O) groups excluding carboxylic acids is 1. The van der Waals surface area contributed by atoms with Crippen LogP contribution in [0.1, 0.15) is 35.2 Å². The predicted octanol–water partition coefficient (Wildman–Crippen LogP) is 2.25. The molecule has 0 aromatic heterocycles. The van der Waals surface area contributed by atoms with Crippen molar-refractivity contribution in [2.24, 2.45) is 5.92 Å². The van der Waals surface area contributed by atoms with Crippen molar-refractivity contribution in [2.45, 2.75) is 26.2 Å². The van der Waals surface area contributed by atoms with Crippen molar-refractivity contribution in [3.8, 4) is 5.75 Å². The second kappa shape index (κ2) is 6.57. The maximum Gasteiger partial charge on any atom is 0.255 e. The highest BCUT2D eigenvalue weighted by molar-refractivity contribution is 5.96. The normalized spacial score (nSPS) is 14.4. The van der Waals surface area contributed by atoms with Gasteiger partial charge in [-0.25, -0.2) is 0 Å². The summed E-state index contributed by atoms with van der Waals surface area (Å²) in [6.45, 7) is 3.99. The van der Waals surface area contributed by atoms with Gasteiger partial charge in [0.2, 0.25) is 0 Å². The number of rotatable bonds is 7. The van der Waals surface area contributed by atoms with Gasteiger partial charge in [-0.15, -0.1) is 0 Å². The fraction of sp³-hybridized carbons (Fsp3) is 0.533. The first-order valence-corrected chi connectivity index (χ1v) is 6.82. The van der Waals surface area contributed by atoms with E-state index in [2.05, 4.69) is 5.32 Å². The lowest BCUT2D eigenvalue weighted by Crippen LogP contribution is -2.25. The second-order valence-corrected chi connectivity index (χ2v) is 5.15. The van der Waals surface area contributed by atoms with Crippen molar-refractivity contribution in [1.82, 2.24) is 5.32 Å². The number of ether oxygens (including phenoxy) is 1. The molecule has 0 atom stereocenters. The minimum Gasteiger partial charge on any atom is -0.507 e. The molecule has 0 aliphatic heterocycles. The molecule has 0 bridgehead atoms. The molecule has 0 spiro atoms. The Bertz CT molecular complexity index is 441. The molecule has 4 nitrogen and oxygen atoms in total. The van der Waals surface area contributed by atoms with Crippen LogP contribution in [0.15, 0.2) is 18.2 Å². The molecule has 1 aliphatic carbocycles. The van der Waals surface area contributed by atoms with Crippen LogP contribution in [0.3, 0.4) is 0 Å². The Labute approximate surface area is 113 Å². The first-order chi connectivity index (χ1) is 9.16. The van der Waals surface area contributed by atoms with Crippen LogP contribution in [0.2, 0.25) is 0 Å². The zero-order chi connectivity index (χ0) is 13.7. The maximum atomic E-state index is 11.9. The molecule has 0 saturated heterocycles. The highest BCUT2D eigenvalue weighted by Gasteiger charge is 2.20. The lowest BCUT2D eigenvalue weighted by molar-refractivity contribution is 0.0935. The van der Waals surface area contributed by atoms with E-state index in [0.29, 0.717) is 18.7 Å². The van der Waals surface area contributed by atoms with Crippen LogP contribution in [0.25, 0.3) is 0 Å². The number of benzene rings is 1. The third-order valence-electron chi connectivity index (χ3n) is 3.20. The molecular weight excluding hydrogens is 242 g/mol. The smallest absolute Gasteiger partial charge is 0.255 e. The number of hydrogen-bond donors (Lipinski definition) is 2. The Hall–Kier alpha value is -1.55. The van der Waals surface area contributed by atoms with Gasteiger partial charge in [0.25, 0.3) is 5.91 Å². The Morgan fingerprint density at radius 1 is 1.47 bits per heavy atom. The SMILES string of the molecule is Cc1ccc(O)c(C(=O)NCCCOCC2CC2)c1. The fourth-order valence-corrected chi connectivity index (χ4v) is 1.84. The molecule has 2 N–H and O–H groups in total. The lowest BCUT2D eigenvalue weighted by Gasteiger charge is -2.08. The van der Waals surface area contributed by atoms with Crippen LogP contribution in [0, 0.1) is 12.8 Å². The highest BCUT2D eigenvalue weighted by Crippen LogP contribution is 2.28. The maximum absolute atomic E-state index is 11.9. The van der Waals surface area contributed by atoms with Crippen LogP contribution in [0.5, 0.6) is 5.75 Å². The first-order valence-electron chi connectivity index (χ1n) is 6.82. The van der Waals surface area contributed by atoms with Gasteiger partial charge in [-0.1, -0.05) is 11.6 Å². The molecule has 0 radical (unpaired) electrons. The number of aryl methyl sites for hydroxylation is 1. The van der Waals surface area contributed by atoms with Crippen molar-refractivity contribution in [2.75, 3.05) is 19.8 Å². The van der Waals surface area contributed by atoms with Gasteiger partial charge >= 0.3 is 0 Å². The summed E-state index contributed by atoms with van der Waals surface area (Å²) in [6, 6.07) is 5.01. The fourth-order valence-electron chi connectivity index (χ4n) is 1.84. The van der Waals surface area contributed by atoms with E-state index in [1.165, 1.54) is 12.8 Å². The minimum atomic E-state index is -0.233. The van der Waals surface area contributed by atoms with E-state index in [1.807, 2.05) is 6.92 Å². The van der Waals surface area contributed by atoms with Gasteiger partial charge in [-0.05, 0) is 44.2 Å². The summed E-state index contributed by atoms with van der Waals surface area (Å²) < 4.78 is 5.49. The van der Waals surface area contributed by atoms with Crippen molar-refractivity contribution in [3.05, 3.63) is 29.3 Å². The molecule has 4 heteroatoms. The van der Waals surface area contributed by atoms with Crippen LogP contribution in [0.4, 0.5) is 0 Å². The number of nitrogens with one attached hydrogen (secondary N) is 1. The number of phenols is 1. The quantitative estimate of drug-likeness (QED) is 0.742. The van der Waals surface area contributed by atoms with E-state index in [-0.39, 0.29) is 11.7 Å². The molecule has 19 heavy (non-hydrogen) atoms. The molecular formula is C15H21NO3. The Kier molecular flexibility index (Phi) is 4.80. The van der Waals surface area contributed by atoms with Crippen molar-refractivity contribution in [1.29, 1.82) is 0 Å². The summed E-state index contributed by atoms with van der Waals surface area (Å²) in [5.74, 6) is 0.565. The van der Waals surface area contributed by atoms with Crippen molar-refractivity contribution < 1.29 is 14.6 Å². The third-order valence-corrected chi connectivity index (χ3v) is 3.20. The monoisotopic (exact) mass is 263 g/mol. The molecule has 1 fully saturated rings. The van der Waals surface area contributed by atoms with E-state index < -0.39 is 0 Å². The molecule has 0 unspecified atom stereocenters. The summed E-state index contributed by atoms with van der Waals surface area (Å²) in [5, 5.41) is 12.4. The number of carbonyl (C=O) groups is 1. The molecule has 1 aromatic rings. The van der Waals surface area contributed by atoms with Crippen LogP contribution >= 0.6 is 0 Å². The first kappa shape index (κ1) is 13.9. The largest absolute Gasteiger partial charge is 0.507 e. The standard InChI is InChI=1S/C15H21NO3/c1-11-3-6-14(17)13(9-11)15(18)16-7-2-8-19-10-12-4-5-12/h3,6,9,12,17H,2,4-5,7-8,10H2,1H3,(H,16,18). The van der Waals surface area contributed by atoms with Crippen LogP contribution in [-0.2, 0) is 4.74 Å². The molecule has 2 rings (SSSR count). The van der Waals surface area contributed by atoms with E-state index in [1.54, 1.807) is 18.2 Å². The zero-order valence-corrected chi connectivity index (χ0v) is 11.3. The number of phenolic OH excluding ortho intramolecular Hbond substituents is 1. The van der Waals surface area contributed by atoms with E-state index in [0.717, 1.165) is 24.5 Å². The van der Waals surface area contributed by atoms with Crippen molar-refractivity contribution in [3.63, 3.8) is 0 Å². The molecule has 1 amide bonds. The van der Waals surface area contributed by atoms with Gasteiger partial charge in [0.05, 0.1) is 5.56 Å². The lowest BCUT2D eigenvalue weighted by atomic mass is 10.1. The summed E-state index contributed by atoms with van der Waals surface area (Å²) in [5.41, 5.74) is 1.29. The number of amides is 1. The van der Waals surface area contributed by atoms with Gasteiger partial charge in [-0.2, -0.15) is 0 Å². The highest BCUT2D eigenvalue weighted by atomic mass is 16.5. The van der Waals surface area contributed by atoms with Gasteiger partial charge in [0.15, 0.2) is 0 Å². The molecule has 104 valence electrons. The van der Waals surface area contributed by atoms with Gasteiger partial charge in [-0.3, -0.25) is 4.79 Å². The van der Waals surface area contributed by atoms with E-state index in [9.17, 15) is 9.90 Å². The molecule has 1 saturated carbocycles. The van der Waals surface area contributed by atoms with Crippen LogP contribution < -0.4 is 5.32 Å². The number of aromatic hydroxyl groups is 1. The van der Waals surface area contributed by atoms with Crippen molar-refractivity contribution >= 4 is 5.91 Å². The summed E-state index contributed by atoms with van der Waals surface area (Å²) in [6.07, 6.45) is 3.39. The summed E-state index contributed by atoms with van der Waals surface area (Å²) in [7, 11) is 0.